The Labute approximate surface area is 231 Å². The maximum Gasteiger partial charge on any atom is 0.305 e. The minimum absolute atomic E-state index is 0.0468. The van der Waals surface area contributed by atoms with Gasteiger partial charge in [-0.2, -0.15) is 5.26 Å². The number of carbonyl (C=O) groups excluding carboxylic acids is 2. The Bertz CT molecular complexity index is 1150. The van der Waals surface area contributed by atoms with Gasteiger partial charge < -0.3 is 24.4 Å². The van der Waals surface area contributed by atoms with Crippen LogP contribution in [0.3, 0.4) is 0 Å². The summed E-state index contributed by atoms with van der Waals surface area (Å²) in [7, 11) is 0. The van der Waals surface area contributed by atoms with Crippen molar-refractivity contribution in [3.63, 3.8) is 0 Å². The van der Waals surface area contributed by atoms with Crippen LogP contribution in [-0.4, -0.2) is 64.5 Å². The number of piperidine rings is 1. The molecule has 210 valence electrons. The van der Waals surface area contributed by atoms with Gasteiger partial charge in [0.1, 0.15) is 18.2 Å². The lowest BCUT2D eigenvalue weighted by atomic mass is 10.0. The molecular formula is C31H41N3O5. The van der Waals surface area contributed by atoms with E-state index in [0.29, 0.717) is 38.8 Å². The van der Waals surface area contributed by atoms with Crippen LogP contribution in [0, 0.1) is 17.2 Å². The van der Waals surface area contributed by atoms with Crippen LogP contribution >= 0.6 is 0 Å². The molecule has 0 bridgehead atoms. The van der Waals surface area contributed by atoms with E-state index in [9.17, 15) is 14.9 Å². The van der Waals surface area contributed by atoms with Crippen molar-refractivity contribution in [3.05, 3.63) is 47.5 Å². The van der Waals surface area contributed by atoms with Crippen LogP contribution in [-0.2, 0) is 23.8 Å². The molecule has 3 rings (SSSR count). The second-order valence-electron chi connectivity index (χ2n) is 10.1. The number of nitrogens with zero attached hydrogens (tertiary/aromatic N) is 2. The number of carbonyl (C=O) groups is 2. The van der Waals surface area contributed by atoms with E-state index in [1.54, 1.807) is 6.08 Å². The molecular weight excluding hydrogens is 494 g/mol. The maximum absolute atomic E-state index is 12.5. The molecule has 1 saturated heterocycles. The predicted molar refractivity (Wildman–Crippen MR) is 153 cm³/mol. The smallest absolute Gasteiger partial charge is 0.305 e. The van der Waals surface area contributed by atoms with Gasteiger partial charge >= 0.3 is 5.97 Å². The normalized spacial score (nSPS) is 13.9. The largest absolute Gasteiger partial charge is 0.463 e. The molecule has 0 aliphatic carbocycles. The van der Waals surface area contributed by atoms with Crippen LogP contribution in [0.15, 0.2) is 42.0 Å². The van der Waals surface area contributed by atoms with Crippen molar-refractivity contribution in [3.8, 4) is 6.07 Å². The number of anilines is 1. The summed E-state index contributed by atoms with van der Waals surface area (Å²) < 4.78 is 15.9. The zero-order chi connectivity index (χ0) is 27.9. The number of ether oxygens (including phenoxy) is 3. The third-order valence-corrected chi connectivity index (χ3v) is 6.57. The van der Waals surface area contributed by atoms with Crippen molar-refractivity contribution in [2.75, 3.05) is 57.6 Å². The number of benzene rings is 2. The molecule has 1 heterocycles. The molecule has 0 atom stereocenters. The van der Waals surface area contributed by atoms with Gasteiger partial charge in [-0.1, -0.05) is 32.0 Å². The van der Waals surface area contributed by atoms with Gasteiger partial charge in [-0.3, -0.25) is 9.59 Å². The second-order valence-corrected chi connectivity index (χ2v) is 10.1. The van der Waals surface area contributed by atoms with Crippen LogP contribution in [0.4, 0.5) is 5.69 Å². The third kappa shape index (κ3) is 10.7. The molecule has 0 saturated carbocycles. The molecule has 2 aromatic rings. The maximum atomic E-state index is 12.5. The predicted octanol–water partition coefficient (Wildman–Crippen LogP) is 4.87. The van der Waals surface area contributed by atoms with E-state index in [4.69, 9.17) is 14.2 Å². The van der Waals surface area contributed by atoms with Crippen LogP contribution in [0.25, 0.3) is 16.8 Å². The molecule has 1 aliphatic heterocycles. The molecule has 0 unspecified atom stereocenters. The number of hydrogen-bond donors (Lipinski definition) is 1. The van der Waals surface area contributed by atoms with E-state index in [-0.39, 0.29) is 24.7 Å². The number of esters is 1. The van der Waals surface area contributed by atoms with Crippen LogP contribution in [0.2, 0.25) is 0 Å². The van der Waals surface area contributed by atoms with E-state index in [2.05, 4.69) is 42.3 Å². The molecule has 0 aromatic heterocycles. The molecule has 0 radical (unpaired) electrons. The highest BCUT2D eigenvalue weighted by molar-refractivity contribution is 6.02. The summed E-state index contributed by atoms with van der Waals surface area (Å²) >= 11 is 0. The lowest BCUT2D eigenvalue weighted by Crippen LogP contribution is -2.29. The fraction of sp³-hybridized carbons (Fsp3) is 0.516. The van der Waals surface area contributed by atoms with Gasteiger partial charge in [0.25, 0.3) is 5.91 Å². The first kappa shape index (κ1) is 30.1. The Morgan fingerprint density at radius 2 is 1.67 bits per heavy atom. The summed E-state index contributed by atoms with van der Waals surface area (Å²) in [6.07, 6.45) is 6.63. The summed E-state index contributed by atoms with van der Waals surface area (Å²) in [6.45, 7) is 8.18. The minimum atomic E-state index is -0.433. The highest BCUT2D eigenvalue weighted by atomic mass is 16.6. The molecule has 1 amide bonds. The number of nitriles is 1. The number of nitrogens with one attached hydrogen (secondary N) is 1. The first-order valence-electron chi connectivity index (χ1n) is 14.0. The first-order chi connectivity index (χ1) is 19.0. The Balaban J connectivity index is 1.34. The van der Waals surface area contributed by atoms with Crippen molar-refractivity contribution in [2.24, 2.45) is 5.92 Å². The first-order valence-corrected chi connectivity index (χ1v) is 14.0. The molecule has 8 heteroatoms. The van der Waals surface area contributed by atoms with E-state index in [1.807, 2.05) is 24.3 Å². The molecule has 8 nitrogen and oxygen atoms in total. The topological polar surface area (TPSA) is 101 Å². The third-order valence-electron chi connectivity index (χ3n) is 6.57. The van der Waals surface area contributed by atoms with Gasteiger partial charge in [-0.05, 0) is 72.2 Å². The summed E-state index contributed by atoms with van der Waals surface area (Å²) in [5.41, 5.74) is 2.10. The number of fused-ring (bicyclic) bond motifs is 1. The van der Waals surface area contributed by atoms with Crippen LogP contribution in [0.1, 0.15) is 51.5 Å². The molecule has 39 heavy (non-hydrogen) atoms. The molecule has 1 fully saturated rings. The van der Waals surface area contributed by atoms with E-state index in [0.717, 1.165) is 35.8 Å². The van der Waals surface area contributed by atoms with E-state index in [1.165, 1.54) is 24.9 Å². The van der Waals surface area contributed by atoms with Crippen molar-refractivity contribution >= 4 is 34.4 Å². The number of rotatable bonds is 15. The van der Waals surface area contributed by atoms with Gasteiger partial charge in [0, 0.05) is 31.7 Å². The average molecular weight is 536 g/mol. The quantitative estimate of drug-likeness (QED) is 0.150. The highest BCUT2D eigenvalue weighted by Crippen LogP contribution is 2.26. The number of hydrogen-bond acceptors (Lipinski definition) is 7. The van der Waals surface area contributed by atoms with Gasteiger partial charge in [0.15, 0.2) is 0 Å². The Morgan fingerprint density at radius 1 is 0.974 bits per heavy atom. The summed E-state index contributed by atoms with van der Waals surface area (Å²) in [4.78, 5) is 26.4. The minimum Gasteiger partial charge on any atom is -0.463 e. The van der Waals surface area contributed by atoms with Crippen LogP contribution < -0.4 is 10.2 Å². The molecule has 0 spiro atoms. The van der Waals surface area contributed by atoms with Gasteiger partial charge in [-0.25, -0.2) is 0 Å². The SMILES string of the molecule is CC(C)CCC(=O)OCCOCCOCCNC(=O)/C(C#N)=C/c1ccc2cc(N3CCCCC3)ccc2c1. The van der Waals surface area contributed by atoms with Crippen LogP contribution in [0.5, 0.6) is 0 Å². The highest BCUT2D eigenvalue weighted by Gasteiger charge is 2.12. The fourth-order valence-corrected chi connectivity index (χ4v) is 4.35. The van der Waals surface area contributed by atoms with Crippen molar-refractivity contribution in [2.45, 2.75) is 46.0 Å². The second kappa shape index (κ2) is 16.5. The standard InChI is InChI=1S/C31H41N3O5/c1-24(2)6-11-30(35)39-19-18-38-17-16-37-15-12-33-31(36)28(23-32)21-25-7-8-27-22-29(10-9-26(27)20-25)34-13-4-3-5-14-34/h7-10,20-22,24H,3-6,11-19H2,1-2H3,(H,33,36)/b28-21+. The zero-order valence-corrected chi connectivity index (χ0v) is 23.2. The molecule has 1 aliphatic rings. The Morgan fingerprint density at radius 3 is 2.41 bits per heavy atom. The lowest BCUT2D eigenvalue weighted by Gasteiger charge is -2.29. The van der Waals surface area contributed by atoms with Gasteiger partial charge in [0.05, 0.1) is 26.4 Å². The lowest BCUT2D eigenvalue weighted by molar-refractivity contribution is -0.145. The Kier molecular flexibility index (Phi) is 12.8. The summed E-state index contributed by atoms with van der Waals surface area (Å²) in [5, 5.41) is 14.5. The average Bonchev–Trinajstić information content (AvgIpc) is 2.95. The fourth-order valence-electron chi connectivity index (χ4n) is 4.35. The molecule has 2 aromatic carbocycles. The summed E-state index contributed by atoms with van der Waals surface area (Å²) in [5.74, 6) is -0.161. The van der Waals surface area contributed by atoms with E-state index >= 15 is 0 Å². The van der Waals surface area contributed by atoms with Crippen molar-refractivity contribution in [1.82, 2.24) is 5.32 Å². The Hall–Kier alpha value is -3.41. The van der Waals surface area contributed by atoms with Crippen molar-refractivity contribution < 1.29 is 23.8 Å². The van der Waals surface area contributed by atoms with Gasteiger partial charge in [0.2, 0.25) is 0 Å². The number of amides is 1. The monoisotopic (exact) mass is 535 g/mol. The van der Waals surface area contributed by atoms with Gasteiger partial charge in [-0.15, -0.1) is 0 Å². The zero-order valence-electron chi connectivity index (χ0n) is 23.2. The summed E-state index contributed by atoms with van der Waals surface area (Å²) in [6, 6.07) is 14.4. The van der Waals surface area contributed by atoms with E-state index < -0.39 is 5.91 Å². The van der Waals surface area contributed by atoms with Crippen molar-refractivity contribution in [1.29, 1.82) is 5.26 Å². The molecule has 1 N–H and O–H groups in total.